The Balaban J connectivity index is 1.63. The highest BCUT2D eigenvalue weighted by atomic mass is 32.1. The van der Waals surface area contributed by atoms with E-state index in [1.54, 1.807) is 30.7 Å². The van der Waals surface area contributed by atoms with Crippen LogP contribution in [0, 0.1) is 0 Å². The maximum Gasteiger partial charge on any atom is 0.229 e. The predicted octanol–water partition coefficient (Wildman–Crippen LogP) is 0.290. The summed E-state index contributed by atoms with van der Waals surface area (Å²) in [4.78, 5) is 13.1. The number of hydrogen-bond acceptors (Lipinski definition) is 9. The lowest BCUT2D eigenvalue weighted by atomic mass is 9.99. The van der Waals surface area contributed by atoms with Crippen molar-refractivity contribution in [1.29, 1.82) is 0 Å². The quantitative estimate of drug-likeness (QED) is 0.477. The molecular formula is C20H24O8S. The molecule has 3 rings (SSSR count). The van der Waals surface area contributed by atoms with Crippen LogP contribution in [-0.2, 0) is 22.4 Å². The average Bonchev–Trinajstić information content (AvgIpc) is 3.15. The monoisotopic (exact) mass is 424 g/mol. The number of aliphatic hydroxyl groups excluding tert-OH is 4. The molecule has 0 aliphatic carbocycles. The molecule has 2 heterocycles. The molecule has 0 bridgehead atoms. The van der Waals surface area contributed by atoms with E-state index in [1.807, 2.05) is 12.1 Å². The van der Waals surface area contributed by atoms with Gasteiger partial charge in [-0.3, -0.25) is 4.79 Å². The molecule has 4 N–H and O–H groups in total. The van der Waals surface area contributed by atoms with Crippen molar-refractivity contribution in [2.75, 3.05) is 13.7 Å². The molecule has 9 heteroatoms. The van der Waals surface area contributed by atoms with Gasteiger partial charge in [0.1, 0.15) is 41.7 Å². The predicted molar refractivity (Wildman–Crippen MR) is 104 cm³/mol. The summed E-state index contributed by atoms with van der Waals surface area (Å²) in [7, 11) is 1.58. The second kappa shape index (κ2) is 9.66. The van der Waals surface area contributed by atoms with E-state index in [1.165, 1.54) is 11.3 Å². The molecule has 1 aliphatic heterocycles. The summed E-state index contributed by atoms with van der Waals surface area (Å²) in [6.07, 6.45) is -6.44. The zero-order valence-electron chi connectivity index (χ0n) is 15.8. The first-order valence-corrected chi connectivity index (χ1v) is 9.99. The fraction of sp³-hybridized carbons (Fsp3) is 0.450. The third-order valence-electron chi connectivity index (χ3n) is 4.71. The lowest BCUT2D eigenvalue weighted by molar-refractivity contribution is -0.277. The number of thiophene rings is 1. The Hall–Kier alpha value is -2.01. The van der Waals surface area contributed by atoms with E-state index in [2.05, 4.69) is 0 Å². The second-order valence-electron chi connectivity index (χ2n) is 6.76. The summed E-state index contributed by atoms with van der Waals surface area (Å²) in [5.41, 5.74) is 0.865. The van der Waals surface area contributed by atoms with E-state index in [0.717, 1.165) is 11.3 Å². The number of benzene rings is 1. The minimum Gasteiger partial charge on any atom is -0.497 e. The van der Waals surface area contributed by atoms with Crippen molar-refractivity contribution >= 4 is 17.1 Å². The van der Waals surface area contributed by atoms with Crippen molar-refractivity contribution in [3.8, 4) is 11.5 Å². The third-order valence-corrected chi connectivity index (χ3v) is 5.62. The molecule has 1 saturated heterocycles. The Morgan fingerprint density at radius 3 is 2.45 bits per heavy atom. The largest absolute Gasteiger partial charge is 0.497 e. The lowest BCUT2D eigenvalue weighted by Gasteiger charge is -2.39. The van der Waals surface area contributed by atoms with Crippen LogP contribution in [0.2, 0.25) is 0 Å². The van der Waals surface area contributed by atoms with Gasteiger partial charge in [-0.1, -0.05) is 12.1 Å². The molecule has 5 atom stereocenters. The maximum absolute atomic E-state index is 12.5. The van der Waals surface area contributed by atoms with Crippen LogP contribution in [0.1, 0.15) is 10.4 Å². The SMILES string of the molecule is COc1ccc(CC(=O)Cc2sccc2OC2OC(CO)C(O)C(O)C2O)cc1. The molecular weight excluding hydrogens is 400 g/mol. The maximum atomic E-state index is 12.5. The zero-order chi connectivity index (χ0) is 21.0. The first-order valence-electron chi connectivity index (χ1n) is 9.11. The molecule has 1 aliphatic rings. The third kappa shape index (κ3) is 5.13. The summed E-state index contributed by atoms with van der Waals surface area (Å²) in [6.45, 7) is -0.540. The summed E-state index contributed by atoms with van der Waals surface area (Å²) in [5.74, 6) is 1.05. The Bertz CT molecular complexity index is 803. The molecule has 0 spiro atoms. The van der Waals surface area contributed by atoms with Gasteiger partial charge < -0.3 is 34.6 Å². The van der Waals surface area contributed by atoms with Crippen molar-refractivity contribution in [2.45, 2.75) is 43.5 Å². The highest BCUT2D eigenvalue weighted by molar-refractivity contribution is 7.10. The molecule has 8 nitrogen and oxygen atoms in total. The summed E-state index contributed by atoms with van der Waals surface area (Å²) in [5, 5.41) is 40.9. The molecule has 5 unspecified atom stereocenters. The topological polar surface area (TPSA) is 126 Å². The van der Waals surface area contributed by atoms with Crippen LogP contribution in [0.4, 0.5) is 0 Å². The van der Waals surface area contributed by atoms with Gasteiger partial charge in [-0.05, 0) is 29.1 Å². The molecule has 0 saturated carbocycles. The molecule has 2 aromatic rings. The fourth-order valence-electron chi connectivity index (χ4n) is 3.07. The Morgan fingerprint density at radius 2 is 1.79 bits per heavy atom. The molecule has 1 fully saturated rings. The minimum atomic E-state index is -1.52. The smallest absolute Gasteiger partial charge is 0.229 e. The fourth-order valence-corrected chi connectivity index (χ4v) is 3.90. The number of carbonyl (C=O) groups excluding carboxylic acids is 1. The van der Waals surface area contributed by atoms with Crippen molar-refractivity contribution in [2.24, 2.45) is 0 Å². The van der Waals surface area contributed by atoms with Gasteiger partial charge in [-0.2, -0.15) is 0 Å². The number of aliphatic hydroxyl groups is 4. The van der Waals surface area contributed by atoms with Gasteiger partial charge in [0.25, 0.3) is 0 Å². The van der Waals surface area contributed by atoms with E-state index < -0.39 is 37.3 Å². The normalized spacial score (nSPS) is 26.9. The van der Waals surface area contributed by atoms with Gasteiger partial charge in [0.2, 0.25) is 6.29 Å². The highest BCUT2D eigenvalue weighted by Crippen LogP contribution is 2.30. The van der Waals surface area contributed by atoms with E-state index in [4.69, 9.17) is 14.2 Å². The molecule has 158 valence electrons. The van der Waals surface area contributed by atoms with Crippen molar-refractivity contribution < 1.29 is 39.4 Å². The number of methoxy groups -OCH3 is 1. The second-order valence-corrected chi connectivity index (χ2v) is 7.76. The number of hydrogen-bond donors (Lipinski definition) is 4. The van der Waals surface area contributed by atoms with Gasteiger partial charge in [0, 0.05) is 12.8 Å². The standard InChI is InChI=1S/C20H24O8S/c1-26-13-4-2-11(3-5-13)8-12(22)9-16-14(6-7-29-16)27-20-19(25)18(24)17(23)15(10-21)28-20/h2-7,15,17-21,23-25H,8-10H2,1H3. The molecule has 0 amide bonds. The average molecular weight is 424 g/mol. The first kappa shape index (κ1) is 21.7. The van der Waals surface area contributed by atoms with Crippen LogP contribution in [0.25, 0.3) is 0 Å². The molecule has 1 aromatic heterocycles. The molecule has 0 radical (unpaired) electrons. The van der Waals surface area contributed by atoms with Crippen LogP contribution in [0.3, 0.4) is 0 Å². The Kier molecular flexibility index (Phi) is 7.23. The molecule has 1 aromatic carbocycles. The van der Waals surface area contributed by atoms with Crippen LogP contribution in [0.15, 0.2) is 35.7 Å². The van der Waals surface area contributed by atoms with Crippen LogP contribution in [-0.4, -0.2) is 70.6 Å². The van der Waals surface area contributed by atoms with E-state index in [-0.39, 0.29) is 18.6 Å². The van der Waals surface area contributed by atoms with E-state index >= 15 is 0 Å². The van der Waals surface area contributed by atoms with Crippen LogP contribution >= 0.6 is 11.3 Å². The molecule has 29 heavy (non-hydrogen) atoms. The van der Waals surface area contributed by atoms with Crippen LogP contribution in [0.5, 0.6) is 11.5 Å². The van der Waals surface area contributed by atoms with Gasteiger partial charge in [-0.25, -0.2) is 0 Å². The first-order chi connectivity index (χ1) is 13.9. The number of Topliss-reactive ketones (excluding diaryl/α,β-unsaturated/α-hetero) is 1. The lowest BCUT2D eigenvalue weighted by Crippen LogP contribution is -2.60. The highest BCUT2D eigenvalue weighted by Gasteiger charge is 2.44. The van der Waals surface area contributed by atoms with Crippen molar-refractivity contribution in [3.63, 3.8) is 0 Å². The van der Waals surface area contributed by atoms with Gasteiger partial charge in [0.15, 0.2) is 0 Å². The number of ether oxygens (including phenoxy) is 3. The Labute approximate surface area is 171 Å². The summed E-state index contributed by atoms with van der Waals surface area (Å²) in [6, 6.07) is 8.89. The van der Waals surface area contributed by atoms with E-state index in [9.17, 15) is 25.2 Å². The number of carbonyl (C=O) groups is 1. The number of rotatable bonds is 8. The number of ketones is 1. The van der Waals surface area contributed by atoms with Crippen LogP contribution < -0.4 is 9.47 Å². The summed E-state index contributed by atoms with van der Waals surface area (Å²) >= 11 is 1.33. The van der Waals surface area contributed by atoms with Crippen molar-refractivity contribution in [1.82, 2.24) is 0 Å². The van der Waals surface area contributed by atoms with Gasteiger partial charge >= 0.3 is 0 Å². The zero-order valence-corrected chi connectivity index (χ0v) is 16.6. The Morgan fingerprint density at radius 1 is 1.07 bits per heavy atom. The van der Waals surface area contributed by atoms with Gasteiger partial charge in [-0.15, -0.1) is 11.3 Å². The minimum absolute atomic E-state index is 0.0173. The summed E-state index contributed by atoms with van der Waals surface area (Å²) < 4.78 is 16.1. The van der Waals surface area contributed by atoms with Gasteiger partial charge in [0.05, 0.1) is 18.6 Å². The van der Waals surface area contributed by atoms with Crippen molar-refractivity contribution in [3.05, 3.63) is 46.2 Å². The van der Waals surface area contributed by atoms with E-state index in [0.29, 0.717) is 10.6 Å².